The van der Waals surface area contributed by atoms with Gasteiger partial charge in [-0.15, -0.1) is 11.3 Å². The maximum atomic E-state index is 5.93. The first-order valence-electron chi connectivity index (χ1n) is 5.94. The Morgan fingerprint density at radius 3 is 2.56 bits per heavy atom. The van der Waals surface area contributed by atoms with Crippen LogP contribution in [-0.2, 0) is 6.54 Å². The first-order chi connectivity index (χ1) is 7.38. The standard InChI is InChI=1S/C13H24N2S/c1-10-8-12(16-11(10)2)9-15-7-5-6-13(3,4)14/h8,15H,5-7,9,14H2,1-4H3. The van der Waals surface area contributed by atoms with E-state index in [0.29, 0.717) is 0 Å². The van der Waals surface area contributed by atoms with Crippen molar-refractivity contribution in [2.24, 2.45) is 5.73 Å². The molecule has 92 valence electrons. The highest BCUT2D eigenvalue weighted by molar-refractivity contribution is 7.12. The molecule has 0 fully saturated rings. The molecule has 0 spiro atoms. The second-order valence-corrected chi connectivity index (χ2v) is 6.56. The predicted octanol–water partition coefficient (Wildman–Crippen LogP) is 2.97. The maximum Gasteiger partial charge on any atom is 0.0299 e. The monoisotopic (exact) mass is 240 g/mol. The Labute approximate surface area is 103 Å². The third-order valence-electron chi connectivity index (χ3n) is 2.69. The molecular formula is C13H24N2S. The molecule has 1 aromatic heterocycles. The van der Waals surface area contributed by atoms with E-state index in [-0.39, 0.29) is 5.54 Å². The molecule has 0 unspecified atom stereocenters. The number of thiophene rings is 1. The van der Waals surface area contributed by atoms with Crippen molar-refractivity contribution in [1.29, 1.82) is 0 Å². The lowest BCUT2D eigenvalue weighted by molar-refractivity contribution is 0.449. The van der Waals surface area contributed by atoms with E-state index in [1.54, 1.807) is 0 Å². The summed E-state index contributed by atoms with van der Waals surface area (Å²) in [5, 5.41) is 3.47. The fourth-order valence-electron chi connectivity index (χ4n) is 1.62. The molecule has 0 aromatic carbocycles. The number of nitrogens with one attached hydrogen (secondary N) is 1. The number of hydrogen-bond donors (Lipinski definition) is 2. The molecule has 3 heteroatoms. The van der Waals surface area contributed by atoms with Crippen LogP contribution in [0.25, 0.3) is 0 Å². The maximum absolute atomic E-state index is 5.93. The van der Waals surface area contributed by atoms with Crippen molar-refractivity contribution in [1.82, 2.24) is 5.32 Å². The van der Waals surface area contributed by atoms with Gasteiger partial charge in [0, 0.05) is 21.8 Å². The largest absolute Gasteiger partial charge is 0.326 e. The lowest BCUT2D eigenvalue weighted by Gasteiger charge is -2.17. The van der Waals surface area contributed by atoms with Crippen molar-refractivity contribution < 1.29 is 0 Å². The molecule has 16 heavy (non-hydrogen) atoms. The minimum absolute atomic E-state index is 0.0300. The minimum Gasteiger partial charge on any atom is -0.326 e. The zero-order valence-electron chi connectivity index (χ0n) is 10.9. The van der Waals surface area contributed by atoms with Crippen LogP contribution in [0.2, 0.25) is 0 Å². The summed E-state index contributed by atoms with van der Waals surface area (Å²) >= 11 is 1.89. The molecule has 0 aliphatic heterocycles. The van der Waals surface area contributed by atoms with E-state index < -0.39 is 0 Å². The third kappa shape index (κ3) is 5.10. The van der Waals surface area contributed by atoms with E-state index in [0.717, 1.165) is 25.9 Å². The number of aryl methyl sites for hydroxylation is 2. The number of nitrogens with two attached hydrogens (primary N) is 1. The van der Waals surface area contributed by atoms with Crippen molar-refractivity contribution in [3.63, 3.8) is 0 Å². The SMILES string of the molecule is Cc1cc(CNCCCC(C)(C)N)sc1C. The van der Waals surface area contributed by atoms with E-state index in [1.165, 1.54) is 15.3 Å². The Morgan fingerprint density at radius 2 is 2.06 bits per heavy atom. The van der Waals surface area contributed by atoms with E-state index in [1.807, 2.05) is 11.3 Å². The molecule has 0 saturated heterocycles. The first-order valence-corrected chi connectivity index (χ1v) is 6.75. The highest BCUT2D eigenvalue weighted by Gasteiger charge is 2.09. The van der Waals surface area contributed by atoms with Gasteiger partial charge in [0.2, 0.25) is 0 Å². The van der Waals surface area contributed by atoms with Crippen molar-refractivity contribution in [3.8, 4) is 0 Å². The summed E-state index contributed by atoms with van der Waals surface area (Å²) in [6, 6.07) is 2.28. The summed E-state index contributed by atoms with van der Waals surface area (Å²) < 4.78 is 0. The summed E-state index contributed by atoms with van der Waals surface area (Å²) in [6.07, 6.45) is 2.22. The third-order valence-corrected chi connectivity index (χ3v) is 3.84. The molecule has 3 N–H and O–H groups in total. The van der Waals surface area contributed by atoms with Crippen molar-refractivity contribution in [3.05, 3.63) is 21.4 Å². The highest BCUT2D eigenvalue weighted by atomic mass is 32.1. The van der Waals surface area contributed by atoms with Crippen LogP contribution >= 0.6 is 11.3 Å². The van der Waals surface area contributed by atoms with Crippen molar-refractivity contribution >= 4 is 11.3 Å². The van der Waals surface area contributed by atoms with Gasteiger partial charge in [-0.3, -0.25) is 0 Å². The Bertz CT molecular complexity index is 304. The summed E-state index contributed by atoms with van der Waals surface area (Å²) in [7, 11) is 0. The fraction of sp³-hybridized carbons (Fsp3) is 0.692. The van der Waals surface area contributed by atoms with Crippen molar-refractivity contribution in [2.45, 2.75) is 52.6 Å². The van der Waals surface area contributed by atoms with Crippen LogP contribution in [0.1, 0.15) is 42.0 Å². The van der Waals surface area contributed by atoms with E-state index in [2.05, 4.69) is 39.1 Å². The average Bonchev–Trinajstić information content (AvgIpc) is 2.44. The van der Waals surface area contributed by atoms with E-state index >= 15 is 0 Å². The molecule has 1 heterocycles. The molecule has 1 aromatic rings. The van der Waals surface area contributed by atoms with Gasteiger partial charge in [0.05, 0.1) is 0 Å². The average molecular weight is 240 g/mol. The van der Waals surface area contributed by atoms with E-state index in [4.69, 9.17) is 5.73 Å². The Balaban J connectivity index is 2.16. The van der Waals surface area contributed by atoms with Crippen LogP contribution < -0.4 is 11.1 Å². The first kappa shape index (κ1) is 13.7. The second kappa shape index (κ2) is 5.80. The van der Waals surface area contributed by atoms with Gasteiger partial charge in [-0.2, -0.15) is 0 Å². The molecule has 0 bridgehead atoms. The van der Waals surface area contributed by atoms with Gasteiger partial charge in [0.25, 0.3) is 0 Å². The van der Waals surface area contributed by atoms with Gasteiger partial charge in [0.15, 0.2) is 0 Å². The Hall–Kier alpha value is -0.380. The quantitative estimate of drug-likeness (QED) is 0.750. The zero-order valence-corrected chi connectivity index (χ0v) is 11.7. The van der Waals surface area contributed by atoms with Crippen LogP contribution in [-0.4, -0.2) is 12.1 Å². The van der Waals surface area contributed by atoms with Crippen LogP contribution in [0.5, 0.6) is 0 Å². The molecule has 1 rings (SSSR count). The smallest absolute Gasteiger partial charge is 0.0299 e. The molecule has 0 atom stereocenters. The van der Waals surface area contributed by atoms with Crippen LogP contribution in [0.15, 0.2) is 6.07 Å². The molecular weight excluding hydrogens is 216 g/mol. The summed E-state index contributed by atoms with van der Waals surface area (Å²) in [5.41, 5.74) is 7.30. The van der Waals surface area contributed by atoms with Gasteiger partial charge in [-0.25, -0.2) is 0 Å². The van der Waals surface area contributed by atoms with Crippen molar-refractivity contribution in [2.75, 3.05) is 6.54 Å². The lowest BCUT2D eigenvalue weighted by atomic mass is 10.0. The van der Waals surface area contributed by atoms with Gasteiger partial charge in [0.1, 0.15) is 0 Å². The molecule has 0 aliphatic carbocycles. The molecule has 2 nitrogen and oxygen atoms in total. The fourth-order valence-corrected chi connectivity index (χ4v) is 2.64. The predicted molar refractivity (Wildman–Crippen MR) is 73.0 cm³/mol. The Kier molecular flexibility index (Phi) is 4.96. The normalized spacial score (nSPS) is 12.1. The molecule has 0 amide bonds. The van der Waals surface area contributed by atoms with Gasteiger partial charge < -0.3 is 11.1 Å². The van der Waals surface area contributed by atoms with Crippen LogP contribution in [0.4, 0.5) is 0 Å². The lowest BCUT2D eigenvalue weighted by Crippen LogP contribution is -2.32. The van der Waals surface area contributed by atoms with E-state index in [9.17, 15) is 0 Å². The van der Waals surface area contributed by atoms with Gasteiger partial charge in [-0.1, -0.05) is 0 Å². The molecule has 0 aliphatic rings. The van der Waals surface area contributed by atoms with Crippen LogP contribution in [0.3, 0.4) is 0 Å². The summed E-state index contributed by atoms with van der Waals surface area (Å²) in [5.74, 6) is 0. The number of rotatable bonds is 6. The van der Waals surface area contributed by atoms with Crippen LogP contribution in [0, 0.1) is 13.8 Å². The minimum atomic E-state index is -0.0300. The molecule has 0 saturated carbocycles. The zero-order chi connectivity index (χ0) is 12.2. The van der Waals surface area contributed by atoms with Gasteiger partial charge in [-0.05, 0) is 58.7 Å². The molecule has 0 radical (unpaired) electrons. The van der Waals surface area contributed by atoms with Gasteiger partial charge >= 0.3 is 0 Å². The summed E-state index contributed by atoms with van der Waals surface area (Å²) in [6.45, 7) is 10.6. The summed E-state index contributed by atoms with van der Waals surface area (Å²) in [4.78, 5) is 2.86. The number of hydrogen-bond acceptors (Lipinski definition) is 3. The second-order valence-electron chi connectivity index (χ2n) is 5.22. The highest BCUT2D eigenvalue weighted by Crippen LogP contribution is 2.20. The Morgan fingerprint density at radius 1 is 1.38 bits per heavy atom. The topological polar surface area (TPSA) is 38.0 Å².